The monoisotopic (exact) mass is 259 g/mol. The quantitative estimate of drug-likeness (QED) is 0.854. The number of halogens is 2. The van der Waals surface area contributed by atoms with Crippen molar-refractivity contribution in [2.24, 2.45) is 5.92 Å². The van der Waals surface area contributed by atoms with Gasteiger partial charge in [-0.3, -0.25) is 0 Å². The molecule has 0 unspecified atom stereocenters. The van der Waals surface area contributed by atoms with Crippen LogP contribution < -0.4 is 4.74 Å². The Morgan fingerprint density at radius 2 is 2.28 bits per heavy atom. The molecule has 4 nitrogen and oxygen atoms in total. The van der Waals surface area contributed by atoms with Gasteiger partial charge in [-0.05, 0) is 38.0 Å². The predicted molar refractivity (Wildman–Crippen MR) is 61.4 cm³/mol. The van der Waals surface area contributed by atoms with E-state index in [1.807, 2.05) is 0 Å². The van der Waals surface area contributed by atoms with E-state index in [-0.39, 0.29) is 5.88 Å². The van der Waals surface area contributed by atoms with Crippen LogP contribution in [-0.2, 0) is 11.2 Å². The Bertz CT molecular complexity index is 352. The van der Waals surface area contributed by atoms with E-state index in [9.17, 15) is 8.78 Å². The van der Waals surface area contributed by atoms with Crippen LogP contribution >= 0.6 is 0 Å². The Morgan fingerprint density at radius 1 is 1.50 bits per heavy atom. The molecule has 18 heavy (non-hydrogen) atoms. The van der Waals surface area contributed by atoms with E-state index in [1.165, 1.54) is 6.07 Å². The summed E-state index contributed by atoms with van der Waals surface area (Å²) in [7, 11) is 0. The number of aromatic nitrogens is 2. The summed E-state index contributed by atoms with van der Waals surface area (Å²) in [5.41, 5.74) is 0.744. The molecule has 0 aromatic carbocycles. The summed E-state index contributed by atoms with van der Waals surface area (Å²) >= 11 is 0. The van der Waals surface area contributed by atoms with E-state index in [4.69, 9.17) is 4.74 Å². The molecule has 1 radical (unpaired) electrons. The molecule has 2 rings (SSSR count). The van der Waals surface area contributed by atoms with Gasteiger partial charge in [0.05, 0.1) is 5.69 Å². The summed E-state index contributed by atoms with van der Waals surface area (Å²) in [6.45, 7) is -1.15. The average molecular weight is 259 g/mol. The number of ether oxygens (including phenoxy) is 2. The number of hydrogen-bond donors (Lipinski definition) is 1. The first-order valence-corrected chi connectivity index (χ1v) is 6.14. The van der Waals surface area contributed by atoms with Crippen molar-refractivity contribution in [3.8, 4) is 5.88 Å². The van der Waals surface area contributed by atoms with Crippen molar-refractivity contribution in [1.29, 1.82) is 0 Å². The Hall–Kier alpha value is -1.17. The maximum atomic E-state index is 11.9. The van der Waals surface area contributed by atoms with Gasteiger partial charge in [-0.2, -0.15) is 13.9 Å². The van der Waals surface area contributed by atoms with E-state index in [0.29, 0.717) is 5.92 Å². The molecule has 0 atom stereocenters. The molecule has 6 heteroatoms. The van der Waals surface area contributed by atoms with Gasteiger partial charge in [-0.1, -0.05) is 0 Å². The van der Waals surface area contributed by atoms with Gasteiger partial charge in [0.2, 0.25) is 5.88 Å². The molecule has 1 aliphatic heterocycles. The first-order chi connectivity index (χ1) is 8.74. The van der Waals surface area contributed by atoms with Crippen molar-refractivity contribution < 1.29 is 18.3 Å². The number of aryl methyl sites for hydroxylation is 1. The third-order valence-corrected chi connectivity index (χ3v) is 2.99. The standard InChI is InChI=1S/C12H17F2N2O2/c13-12(14)18-11-8-10(15-16-11)3-1-2-9-4-6-17-7-5-9/h2,8-9,12H,1,3-7H2,(H,15,16). The number of rotatable bonds is 6. The van der Waals surface area contributed by atoms with Gasteiger partial charge in [0.15, 0.2) is 0 Å². The number of aromatic amines is 1. The zero-order valence-corrected chi connectivity index (χ0v) is 10.1. The fourth-order valence-corrected chi connectivity index (χ4v) is 2.05. The molecule has 0 aliphatic carbocycles. The minimum atomic E-state index is -2.81. The third-order valence-electron chi connectivity index (χ3n) is 2.99. The largest absolute Gasteiger partial charge is 0.417 e. The first-order valence-electron chi connectivity index (χ1n) is 6.14. The van der Waals surface area contributed by atoms with Crippen LogP contribution in [0.25, 0.3) is 0 Å². The molecule has 1 aromatic heterocycles. The summed E-state index contributed by atoms with van der Waals surface area (Å²) in [6, 6.07) is 1.52. The minimum Gasteiger partial charge on any atom is -0.417 e. The molecule has 101 valence electrons. The fraction of sp³-hybridized carbons (Fsp3) is 0.667. The van der Waals surface area contributed by atoms with Crippen molar-refractivity contribution in [2.45, 2.75) is 32.3 Å². The molecule has 1 N–H and O–H groups in total. The van der Waals surface area contributed by atoms with Crippen LogP contribution in [0.5, 0.6) is 5.88 Å². The highest BCUT2D eigenvalue weighted by atomic mass is 19.3. The summed E-state index contributed by atoms with van der Waals surface area (Å²) in [4.78, 5) is 0. The van der Waals surface area contributed by atoms with Crippen LogP contribution in [0.1, 0.15) is 25.0 Å². The molecule has 0 amide bonds. The van der Waals surface area contributed by atoms with E-state index >= 15 is 0 Å². The van der Waals surface area contributed by atoms with Gasteiger partial charge in [-0.15, -0.1) is 0 Å². The van der Waals surface area contributed by atoms with E-state index in [2.05, 4.69) is 21.4 Å². The molecule has 2 heterocycles. The maximum Gasteiger partial charge on any atom is 0.388 e. The van der Waals surface area contributed by atoms with Crippen molar-refractivity contribution in [2.75, 3.05) is 13.2 Å². The van der Waals surface area contributed by atoms with E-state index < -0.39 is 6.61 Å². The van der Waals surface area contributed by atoms with Crippen molar-refractivity contribution in [3.05, 3.63) is 18.2 Å². The predicted octanol–water partition coefficient (Wildman–Crippen LogP) is 2.57. The van der Waals surface area contributed by atoms with Crippen molar-refractivity contribution in [1.82, 2.24) is 10.2 Å². The number of nitrogens with one attached hydrogen (secondary N) is 1. The average Bonchev–Trinajstić information content (AvgIpc) is 2.77. The molecule has 0 spiro atoms. The van der Waals surface area contributed by atoms with Crippen LogP contribution in [0.2, 0.25) is 0 Å². The molecule has 0 bridgehead atoms. The summed E-state index contributed by atoms with van der Waals surface area (Å²) in [6.07, 6.45) is 6.04. The SMILES string of the molecule is FC(F)Oc1cc(CC[CH]C2CCOCC2)n[nH]1. The number of alkyl halides is 2. The lowest BCUT2D eigenvalue weighted by Gasteiger charge is -2.21. The molecule has 1 aliphatic rings. The van der Waals surface area contributed by atoms with Crippen molar-refractivity contribution in [3.63, 3.8) is 0 Å². The Kier molecular flexibility index (Phi) is 4.92. The summed E-state index contributed by atoms with van der Waals surface area (Å²) < 4.78 is 33.4. The highest BCUT2D eigenvalue weighted by Gasteiger charge is 2.14. The lowest BCUT2D eigenvalue weighted by Crippen LogP contribution is -2.16. The molecule has 0 saturated carbocycles. The van der Waals surface area contributed by atoms with Crippen LogP contribution in [0.15, 0.2) is 6.07 Å². The van der Waals surface area contributed by atoms with Crippen molar-refractivity contribution >= 4 is 0 Å². The fourth-order valence-electron chi connectivity index (χ4n) is 2.05. The van der Waals surface area contributed by atoms with Gasteiger partial charge < -0.3 is 9.47 Å². The Morgan fingerprint density at radius 3 is 3.00 bits per heavy atom. The zero-order chi connectivity index (χ0) is 12.8. The van der Waals surface area contributed by atoms with E-state index in [1.54, 1.807) is 0 Å². The van der Waals surface area contributed by atoms with Gasteiger partial charge in [-0.25, -0.2) is 5.10 Å². The highest BCUT2D eigenvalue weighted by molar-refractivity contribution is 5.14. The Labute approximate surface area is 105 Å². The highest BCUT2D eigenvalue weighted by Crippen LogP contribution is 2.20. The maximum absolute atomic E-state index is 11.9. The van der Waals surface area contributed by atoms with Crippen LogP contribution in [0.3, 0.4) is 0 Å². The van der Waals surface area contributed by atoms with Gasteiger partial charge >= 0.3 is 6.61 Å². The molecular weight excluding hydrogens is 242 g/mol. The number of hydrogen-bond acceptors (Lipinski definition) is 3. The van der Waals surface area contributed by atoms with Crippen LogP contribution in [-0.4, -0.2) is 30.0 Å². The lowest BCUT2D eigenvalue weighted by molar-refractivity contribution is -0.0528. The van der Waals surface area contributed by atoms with Crippen LogP contribution in [0, 0.1) is 12.3 Å². The number of nitrogens with zero attached hydrogens (tertiary/aromatic N) is 1. The second kappa shape index (κ2) is 6.68. The molecule has 1 saturated heterocycles. The second-order valence-electron chi connectivity index (χ2n) is 4.33. The zero-order valence-electron chi connectivity index (χ0n) is 10.1. The Balaban J connectivity index is 1.67. The number of H-pyrrole nitrogens is 1. The van der Waals surface area contributed by atoms with E-state index in [0.717, 1.165) is 44.6 Å². The summed E-state index contributed by atoms with van der Waals surface area (Å²) in [5.74, 6) is 0.626. The topological polar surface area (TPSA) is 47.1 Å². The first kappa shape index (κ1) is 13.3. The van der Waals surface area contributed by atoms with Crippen LogP contribution in [0.4, 0.5) is 8.78 Å². The smallest absolute Gasteiger partial charge is 0.388 e. The molecule has 1 fully saturated rings. The van der Waals surface area contributed by atoms with Gasteiger partial charge in [0.1, 0.15) is 0 Å². The van der Waals surface area contributed by atoms with Gasteiger partial charge in [0, 0.05) is 19.3 Å². The molecular formula is C12H17F2N2O2. The minimum absolute atomic E-state index is 0.0195. The molecule has 1 aromatic rings. The van der Waals surface area contributed by atoms with Gasteiger partial charge in [0.25, 0.3) is 0 Å². The third kappa shape index (κ3) is 4.25. The normalized spacial score (nSPS) is 17.3. The second-order valence-corrected chi connectivity index (χ2v) is 4.33. The summed E-state index contributed by atoms with van der Waals surface area (Å²) in [5, 5.41) is 6.36. The lowest BCUT2D eigenvalue weighted by atomic mass is 9.94.